The first kappa shape index (κ1) is 49.3. The summed E-state index contributed by atoms with van der Waals surface area (Å²) in [5.74, 6) is 8.55. The van der Waals surface area contributed by atoms with Crippen molar-refractivity contribution in [3.05, 3.63) is 112 Å². The molecule has 10 fully saturated rings. The highest BCUT2D eigenvalue weighted by Gasteiger charge is 2.54. The second-order valence-corrected chi connectivity index (χ2v) is 22.9. The van der Waals surface area contributed by atoms with Crippen molar-refractivity contribution in [3.8, 4) is 45.6 Å². The molecule has 12 heteroatoms. The first-order valence-electron chi connectivity index (χ1n) is 26.8. The minimum atomic E-state index is -1.12. The smallest absolute Gasteiger partial charge is 0.382 e. The Bertz CT molecular complexity index is 2760. The molecule has 2 saturated heterocycles. The van der Waals surface area contributed by atoms with Crippen LogP contribution in [0.25, 0.3) is 28.3 Å². The lowest BCUT2D eigenvalue weighted by Crippen LogP contribution is -2.48. The first-order chi connectivity index (χ1) is 35.4. The Labute approximate surface area is 429 Å². The van der Waals surface area contributed by atoms with Gasteiger partial charge >= 0.3 is 11.9 Å². The topological polar surface area (TPSA) is 162 Å². The number of morpholine rings is 2. The number of rotatable bonds is 12. The SMILES string of the molecule is O=C(O)/C=C/c1ccc(-c2ccc(O)c(C34CC5CC(CC(C5)C3)C4)c2)c(/C=N\OCN2CCOCC2)c1.O=C(O)C#Cc1ccc(-c2ccc(O)c(C34CC5CC(CC(C5)C3)C4)c2)c(CN2CCOCC2)c1. The monoisotopic (exact) mass is 988 g/mol. The number of phenols is 2. The maximum atomic E-state index is 11.1. The zero-order chi connectivity index (χ0) is 50.1. The van der Waals surface area contributed by atoms with Crippen LogP contribution in [-0.2, 0) is 41.3 Å². The fourth-order valence-electron chi connectivity index (χ4n) is 15.5. The summed E-state index contributed by atoms with van der Waals surface area (Å²) in [6.45, 7) is 7.37. The Morgan fingerprint density at radius 1 is 0.644 bits per heavy atom. The molecule has 2 heterocycles. The number of hydrogen-bond donors (Lipinski definition) is 4. The van der Waals surface area contributed by atoms with Crippen LogP contribution in [-0.4, -0.2) is 108 Å². The molecule has 73 heavy (non-hydrogen) atoms. The Morgan fingerprint density at radius 2 is 1.15 bits per heavy atom. The van der Waals surface area contributed by atoms with E-state index < -0.39 is 11.9 Å². The zero-order valence-electron chi connectivity index (χ0n) is 41.9. The van der Waals surface area contributed by atoms with Gasteiger partial charge in [-0.3, -0.25) is 9.80 Å². The van der Waals surface area contributed by atoms with Crippen molar-refractivity contribution in [2.24, 2.45) is 40.7 Å². The number of carboxylic acid groups (broad SMARTS) is 2. The highest BCUT2D eigenvalue weighted by Crippen LogP contribution is 2.63. The zero-order valence-corrected chi connectivity index (χ0v) is 41.9. The van der Waals surface area contributed by atoms with Gasteiger partial charge in [0.1, 0.15) is 11.5 Å². The number of aromatic hydroxyl groups is 2. The summed E-state index contributed by atoms with van der Waals surface area (Å²) in [5.41, 5.74) is 10.1. The van der Waals surface area contributed by atoms with Crippen LogP contribution in [0.5, 0.6) is 11.5 Å². The fourth-order valence-corrected chi connectivity index (χ4v) is 15.5. The van der Waals surface area contributed by atoms with E-state index in [0.29, 0.717) is 37.0 Å². The molecular weight excluding hydrogens is 919 g/mol. The maximum absolute atomic E-state index is 11.1. The highest BCUT2D eigenvalue weighted by atomic mass is 16.6. The predicted molar refractivity (Wildman–Crippen MR) is 280 cm³/mol. The third-order valence-electron chi connectivity index (χ3n) is 17.9. The molecule has 0 spiro atoms. The number of carboxylic acids is 2. The number of ether oxygens (including phenoxy) is 2. The molecule has 0 aromatic heterocycles. The van der Waals surface area contributed by atoms with E-state index >= 15 is 0 Å². The van der Waals surface area contributed by atoms with Crippen LogP contribution in [0.4, 0.5) is 0 Å². The summed E-state index contributed by atoms with van der Waals surface area (Å²) in [7, 11) is 0. The molecule has 4 aromatic rings. The molecule has 2 aliphatic heterocycles. The lowest BCUT2D eigenvalue weighted by molar-refractivity contribution is -0.132. The average Bonchev–Trinajstić information content (AvgIpc) is 3.37. The van der Waals surface area contributed by atoms with Crippen LogP contribution in [0.15, 0.2) is 84.0 Å². The van der Waals surface area contributed by atoms with E-state index in [1.165, 1.54) is 77.0 Å². The van der Waals surface area contributed by atoms with Crippen molar-refractivity contribution in [2.75, 3.05) is 59.3 Å². The number of hydrogen-bond acceptors (Lipinski definition) is 10. The number of oxime groups is 1. The summed E-state index contributed by atoms with van der Waals surface area (Å²) in [5, 5.41) is 44.4. The minimum Gasteiger partial charge on any atom is -0.508 e. The van der Waals surface area contributed by atoms with E-state index in [9.17, 15) is 19.8 Å². The molecule has 4 N–H and O–H groups in total. The molecule has 4 aromatic carbocycles. The lowest BCUT2D eigenvalue weighted by atomic mass is 9.48. The van der Waals surface area contributed by atoms with Crippen molar-refractivity contribution in [2.45, 2.75) is 94.4 Å². The van der Waals surface area contributed by atoms with E-state index in [-0.39, 0.29) is 10.8 Å². The van der Waals surface area contributed by atoms with Crippen LogP contribution in [0.2, 0.25) is 0 Å². The molecule has 8 aliphatic carbocycles. The van der Waals surface area contributed by atoms with Gasteiger partial charge < -0.3 is 34.7 Å². The fraction of sp³-hybridized carbons (Fsp3) is 0.492. The molecule has 382 valence electrons. The third kappa shape index (κ3) is 11.0. The molecule has 12 nitrogen and oxygen atoms in total. The number of benzene rings is 4. The maximum Gasteiger partial charge on any atom is 0.382 e. The molecule has 10 aliphatic rings. The lowest BCUT2D eigenvalue weighted by Gasteiger charge is -2.57. The molecular formula is C61H69N3O9. The first-order valence-corrected chi connectivity index (χ1v) is 26.8. The van der Waals surface area contributed by atoms with Crippen molar-refractivity contribution >= 4 is 24.2 Å². The molecule has 0 atom stereocenters. The van der Waals surface area contributed by atoms with Crippen LogP contribution in [0.1, 0.15) is 110 Å². The molecule has 14 rings (SSSR count). The number of nitrogens with zero attached hydrogens (tertiary/aromatic N) is 3. The van der Waals surface area contributed by atoms with Crippen molar-refractivity contribution in [1.82, 2.24) is 9.80 Å². The molecule has 0 amide bonds. The summed E-state index contributed by atoms with van der Waals surface area (Å²) in [4.78, 5) is 32.2. The molecule has 8 saturated carbocycles. The van der Waals surface area contributed by atoms with Gasteiger partial charge in [0.15, 0.2) is 6.73 Å². The minimum absolute atomic E-state index is 0.0779. The Morgan fingerprint density at radius 3 is 1.67 bits per heavy atom. The van der Waals surface area contributed by atoms with E-state index in [1.54, 1.807) is 12.3 Å². The Hall–Kier alpha value is -5.97. The second-order valence-electron chi connectivity index (χ2n) is 22.9. The quantitative estimate of drug-likeness (QED) is 0.0463. The standard InChI is InChI=1S/C31H36N2O5.C30H33NO4/c34-29-5-3-25(15-28(29)31-16-22-11-23(17-31)13-24(12-22)18-31)27-4-1-21(2-6-30(35)36)14-26(27)19-32-38-20-33-7-9-37-10-8-33;32-28-5-3-24(15-27(28)30-16-21-11-22(17-30)13-23(12-21)18-30)26-4-1-20(2-6-29(33)34)14-25(26)19-31-7-9-35-10-8-31/h1-6,14-15,19,22-24,34H,7-13,16-18,20H2,(H,35,36);1,3-5,14-15,21-23,32H,7-13,16-19H2,(H,33,34)/b6-2+,32-19-;. The van der Waals surface area contributed by atoms with Gasteiger partial charge in [-0.25, -0.2) is 9.59 Å². The van der Waals surface area contributed by atoms with Crippen molar-refractivity contribution < 1.29 is 44.3 Å². The summed E-state index contributed by atoms with van der Waals surface area (Å²) >= 11 is 0. The third-order valence-corrected chi connectivity index (χ3v) is 17.9. The van der Waals surface area contributed by atoms with Gasteiger partial charge in [-0.15, -0.1) is 0 Å². The van der Waals surface area contributed by atoms with Crippen LogP contribution in [0, 0.1) is 47.3 Å². The van der Waals surface area contributed by atoms with Gasteiger partial charge in [0.2, 0.25) is 0 Å². The molecule has 0 radical (unpaired) electrons. The van der Waals surface area contributed by atoms with E-state index in [0.717, 1.165) is 138 Å². The van der Waals surface area contributed by atoms with Crippen molar-refractivity contribution in [1.29, 1.82) is 0 Å². The summed E-state index contributed by atoms with van der Waals surface area (Å²) < 4.78 is 10.9. The van der Waals surface area contributed by atoms with Crippen LogP contribution < -0.4 is 0 Å². The summed E-state index contributed by atoms with van der Waals surface area (Å²) in [6.07, 6.45) is 19.8. The van der Waals surface area contributed by atoms with Crippen LogP contribution in [0.3, 0.4) is 0 Å². The van der Waals surface area contributed by atoms with Gasteiger partial charge in [0.05, 0.1) is 32.6 Å². The normalized spacial score (nSPS) is 29.2. The number of carbonyl (C=O) groups is 2. The van der Waals surface area contributed by atoms with Crippen LogP contribution >= 0.6 is 0 Å². The van der Waals surface area contributed by atoms with E-state index in [2.05, 4.69) is 45.0 Å². The Kier molecular flexibility index (Phi) is 14.2. The largest absolute Gasteiger partial charge is 0.508 e. The van der Waals surface area contributed by atoms with Gasteiger partial charge in [-0.05, 0) is 205 Å². The summed E-state index contributed by atoms with van der Waals surface area (Å²) in [6, 6.07) is 24.0. The van der Waals surface area contributed by atoms with Gasteiger partial charge in [0, 0.05) is 67.0 Å². The predicted octanol–water partition coefficient (Wildman–Crippen LogP) is 10.1. The second kappa shape index (κ2) is 21.1. The molecule has 0 unspecified atom stereocenters. The molecule has 8 bridgehead atoms. The van der Waals surface area contributed by atoms with Crippen molar-refractivity contribution in [3.63, 3.8) is 0 Å². The highest BCUT2D eigenvalue weighted by molar-refractivity contribution is 5.92. The average molecular weight is 988 g/mol. The van der Waals surface area contributed by atoms with E-state index in [1.807, 2.05) is 54.6 Å². The number of phenolic OH excluding ortho intramolecular Hbond substituents is 2. The Balaban J connectivity index is 0.000000158. The van der Waals surface area contributed by atoms with Gasteiger partial charge in [-0.2, -0.15) is 0 Å². The number of aliphatic carboxylic acids is 2. The van der Waals surface area contributed by atoms with Gasteiger partial charge in [-0.1, -0.05) is 41.4 Å². The van der Waals surface area contributed by atoms with Gasteiger partial charge in [0.25, 0.3) is 0 Å². The van der Waals surface area contributed by atoms with E-state index in [4.69, 9.17) is 24.5 Å².